The average molecular weight is 401 g/mol. The Balaban J connectivity index is 1.61. The van der Waals surface area contributed by atoms with Crippen molar-refractivity contribution in [3.63, 3.8) is 0 Å². The number of hydrogen-bond acceptors (Lipinski definition) is 6. The maximum absolute atomic E-state index is 11.6. The normalized spacial score (nSPS) is 16.1. The van der Waals surface area contributed by atoms with Crippen molar-refractivity contribution in [1.82, 2.24) is 5.48 Å². The summed E-state index contributed by atoms with van der Waals surface area (Å²) in [7, 11) is -2.88. The molecule has 1 aliphatic heterocycles. The summed E-state index contributed by atoms with van der Waals surface area (Å²) in [6.45, 7) is 1.66. The largest absolute Gasteiger partial charge is 0.380 e. The van der Waals surface area contributed by atoms with Crippen molar-refractivity contribution in [3.8, 4) is 0 Å². The first-order chi connectivity index (χ1) is 13.5. The predicted octanol–water partition coefficient (Wildman–Crippen LogP) is 2.05. The van der Waals surface area contributed by atoms with E-state index in [4.69, 9.17) is 5.21 Å². The Hall–Kier alpha value is -2.84. The van der Waals surface area contributed by atoms with Gasteiger partial charge in [-0.25, -0.2) is 13.9 Å². The molecule has 1 aliphatic rings. The van der Waals surface area contributed by atoms with E-state index in [2.05, 4.69) is 10.2 Å². The number of benzene rings is 2. The molecule has 2 aromatic rings. The number of nitrogens with zero attached hydrogens (tertiary/aromatic N) is 1. The standard InChI is InChI=1S/C20H23N3O4S/c24-20(22-25)10-7-17-3-1-2-4-19(17)21-15-16-5-8-18(9-6-16)23-11-13-28(26,27)14-12-23/h1-10,21,25H,11-15H2,(H,22,24)/b10-7+. The number of sulfone groups is 1. The number of nitrogens with one attached hydrogen (secondary N) is 2. The van der Waals surface area contributed by atoms with Crippen LogP contribution in [0.15, 0.2) is 54.6 Å². The number of carbonyl (C=O) groups is 1. The van der Waals surface area contributed by atoms with Crippen LogP contribution in [0.5, 0.6) is 0 Å². The van der Waals surface area contributed by atoms with Crippen molar-refractivity contribution in [2.24, 2.45) is 0 Å². The molecule has 0 radical (unpaired) electrons. The van der Waals surface area contributed by atoms with Crippen molar-refractivity contribution in [1.29, 1.82) is 0 Å². The lowest BCUT2D eigenvalue weighted by Gasteiger charge is -2.28. The first-order valence-electron chi connectivity index (χ1n) is 8.96. The molecule has 0 saturated carbocycles. The van der Waals surface area contributed by atoms with Crippen LogP contribution < -0.4 is 15.7 Å². The highest BCUT2D eigenvalue weighted by molar-refractivity contribution is 7.91. The highest BCUT2D eigenvalue weighted by Gasteiger charge is 2.21. The fourth-order valence-corrected chi connectivity index (χ4v) is 4.20. The SMILES string of the molecule is O=C(/C=C/c1ccccc1NCc1ccc(N2CCS(=O)(=O)CC2)cc1)NO. The van der Waals surface area contributed by atoms with E-state index in [9.17, 15) is 13.2 Å². The van der Waals surface area contributed by atoms with E-state index >= 15 is 0 Å². The van der Waals surface area contributed by atoms with E-state index < -0.39 is 15.7 Å². The van der Waals surface area contributed by atoms with Gasteiger partial charge in [0, 0.05) is 37.1 Å². The number of hydrogen-bond donors (Lipinski definition) is 3. The summed E-state index contributed by atoms with van der Waals surface area (Å²) in [5, 5.41) is 11.9. The molecule has 0 bridgehead atoms. The van der Waals surface area contributed by atoms with Crippen LogP contribution >= 0.6 is 0 Å². The quantitative estimate of drug-likeness (QED) is 0.389. The first-order valence-corrected chi connectivity index (χ1v) is 10.8. The van der Waals surface area contributed by atoms with Crippen molar-refractivity contribution >= 4 is 33.2 Å². The average Bonchev–Trinajstić information content (AvgIpc) is 2.71. The predicted molar refractivity (Wildman–Crippen MR) is 110 cm³/mol. The molecule has 0 aromatic heterocycles. The Morgan fingerprint density at radius 2 is 1.75 bits per heavy atom. The lowest BCUT2D eigenvalue weighted by molar-refractivity contribution is -0.124. The lowest BCUT2D eigenvalue weighted by atomic mass is 10.1. The Morgan fingerprint density at radius 1 is 1.07 bits per heavy atom. The molecule has 1 fully saturated rings. The minimum absolute atomic E-state index is 0.203. The van der Waals surface area contributed by atoms with Gasteiger partial charge < -0.3 is 10.2 Å². The molecule has 1 saturated heterocycles. The van der Waals surface area contributed by atoms with Gasteiger partial charge in [-0.15, -0.1) is 0 Å². The molecule has 148 valence electrons. The Labute approximate surface area is 164 Å². The van der Waals surface area contributed by atoms with Crippen LogP contribution in [0.2, 0.25) is 0 Å². The maximum Gasteiger partial charge on any atom is 0.267 e. The maximum atomic E-state index is 11.6. The van der Waals surface area contributed by atoms with Crippen molar-refractivity contribution < 1.29 is 18.4 Å². The number of carbonyl (C=O) groups excluding carboxylic acids is 1. The van der Waals surface area contributed by atoms with Gasteiger partial charge in [-0.3, -0.25) is 10.0 Å². The van der Waals surface area contributed by atoms with E-state index in [1.807, 2.05) is 48.5 Å². The van der Waals surface area contributed by atoms with Gasteiger partial charge in [0.25, 0.3) is 5.91 Å². The lowest BCUT2D eigenvalue weighted by Crippen LogP contribution is -2.40. The summed E-state index contributed by atoms with van der Waals surface area (Å²) in [5.41, 5.74) is 5.38. The topological polar surface area (TPSA) is 98.7 Å². The molecule has 0 aliphatic carbocycles. The molecule has 3 rings (SSSR count). The molecule has 0 spiro atoms. The minimum Gasteiger partial charge on any atom is -0.380 e. The second-order valence-electron chi connectivity index (χ2n) is 6.56. The van der Waals surface area contributed by atoms with Crippen molar-refractivity contribution in [2.75, 3.05) is 34.8 Å². The Kier molecular flexibility index (Phi) is 6.33. The van der Waals surface area contributed by atoms with Crippen LogP contribution in [0.25, 0.3) is 6.08 Å². The molecular formula is C20H23N3O4S. The number of para-hydroxylation sites is 1. The summed E-state index contributed by atoms with van der Waals surface area (Å²) >= 11 is 0. The van der Waals surface area contributed by atoms with Gasteiger partial charge in [0.2, 0.25) is 0 Å². The summed E-state index contributed by atoms with van der Waals surface area (Å²) in [5.74, 6) is -0.181. The third-order valence-corrected chi connectivity index (χ3v) is 6.22. The summed E-state index contributed by atoms with van der Waals surface area (Å²) < 4.78 is 23.1. The van der Waals surface area contributed by atoms with Crippen LogP contribution in [-0.2, 0) is 21.2 Å². The van der Waals surface area contributed by atoms with E-state index in [-0.39, 0.29) is 11.5 Å². The molecule has 0 atom stereocenters. The fourth-order valence-electron chi connectivity index (χ4n) is 3.00. The number of amides is 1. The highest BCUT2D eigenvalue weighted by Crippen LogP contribution is 2.20. The van der Waals surface area contributed by atoms with E-state index in [1.165, 1.54) is 6.08 Å². The van der Waals surface area contributed by atoms with Gasteiger partial charge in [-0.1, -0.05) is 30.3 Å². The monoisotopic (exact) mass is 401 g/mol. The van der Waals surface area contributed by atoms with E-state index in [0.717, 1.165) is 22.5 Å². The summed E-state index contributed by atoms with van der Waals surface area (Å²) in [6, 6.07) is 15.6. The molecular weight excluding hydrogens is 378 g/mol. The van der Waals surface area contributed by atoms with Crippen LogP contribution in [0.3, 0.4) is 0 Å². The molecule has 1 amide bonds. The Morgan fingerprint density at radius 3 is 2.43 bits per heavy atom. The van der Waals surface area contributed by atoms with Crippen LogP contribution in [-0.4, -0.2) is 44.1 Å². The molecule has 2 aromatic carbocycles. The molecule has 8 heteroatoms. The second-order valence-corrected chi connectivity index (χ2v) is 8.86. The zero-order chi connectivity index (χ0) is 20.0. The number of anilines is 2. The van der Waals surface area contributed by atoms with E-state index in [0.29, 0.717) is 19.6 Å². The Bertz CT molecular complexity index is 942. The zero-order valence-corrected chi connectivity index (χ0v) is 16.2. The van der Waals surface area contributed by atoms with Gasteiger partial charge in [0.15, 0.2) is 9.84 Å². The smallest absolute Gasteiger partial charge is 0.267 e. The third-order valence-electron chi connectivity index (χ3n) is 4.61. The molecule has 7 nitrogen and oxygen atoms in total. The highest BCUT2D eigenvalue weighted by atomic mass is 32.2. The minimum atomic E-state index is -2.88. The zero-order valence-electron chi connectivity index (χ0n) is 15.3. The van der Waals surface area contributed by atoms with E-state index in [1.54, 1.807) is 11.6 Å². The van der Waals surface area contributed by atoms with Gasteiger partial charge in [-0.05, 0) is 35.4 Å². The second kappa shape index (κ2) is 8.90. The molecule has 28 heavy (non-hydrogen) atoms. The van der Waals surface area contributed by atoms with Gasteiger partial charge >= 0.3 is 0 Å². The van der Waals surface area contributed by atoms with Crippen molar-refractivity contribution in [2.45, 2.75) is 6.54 Å². The van der Waals surface area contributed by atoms with Crippen LogP contribution in [0, 0.1) is 0 Å². The van der Waals surface area contributed by atoms with Crippen LogP contribution in [0.4, 0.5) is 11.4 Å². The molecule has 0 unspecified atom stereocenters. The number of hydroxylamine groups is 1. The molecule has 3 N–H and O–H groups in total. The van der Waals surface area contributed by atoms with Gasteiger partial charge in [0.05, 0.1) is 11.5 Å². The van der Waals surface area contributed by atoms with Gasteiger partial charge in [-0.2, -0.15) is 0 Å². The third kappa shape index (κ3) is 5.34. The van der Waals surface area contributed by atoms with Gasteiger partial charge in [0.1, 0.15) is 0 Å². The first kappa shape index (κ1) is 19.9. The molecule has 1 heterocycles. The fraction of sp³-hybridized carbons (Fsp3) is 0.250. The summed E-state index contributed by atoms with van der Waals surface area (Å²) in [6.07, 6.45) is 2.88. The number of rotatable bonds is 6. The van der Waals surface area contributed by atoms with Crippen LogP contribution in [0.1, 0.15) is 11.1 Å². The van der Waals surface area contributed by atoms with Crippen molar-refractivity contribution in [3.05, 3.63) is 65.7 Å². The summed E-state index contributed by atoms with van der Waals surface area (Å²) in [4.78, 5) is 13.3.